The lowest BCUT2D eigenvalue weighted by molar-refractivity contribution is -0.118. The van der Waals surface area contributed by atoms with E-state index in [2.05, 4.69) is 15.5 Å². The lowest BCUT2D eigenvalue weighted by Gasteiger charge is -2.13. The fourth-order valence-corrected chi connectivity index (χ4v) is 3.57. The summed E-state index contributed by atoms with van der Waals surface area (Å²) in [5.74, 6) is 0.0585. The molecule has 3 N–H and O–H groups in total. The summed E-state index contributed by atoms with van der Waals surface area (Å²) in [4.78, 5) is 23.4. The predicted octanol–water partition coefficient (Wildman–Crippen LogP) is 3.14. The maximum absolute atomic E-state index is 12.4. The predicted molar refractivity (Wildman–Crippen MR) is 104 cm³/mol. The van der Waals surface area contributed by atoms with Gasteiger partial charge in [-0.05, 0) is 32.0 Å². The number of nitrogens with zero attached hydrogens (tertiary/aromatic N) is 3. The normalized spacial score (nSPS) is 12.0. The number of carbonyl (C=O) groups excluding carboxylic acids is 2. The molecule has 0 radical (unpaired) electrons. The van der Waals surface area contributed by atoms with Gasteiger partial charge in [-0.2, -0.15) is 0 Å². The molecule has 0 unspecified atom stereocenters. The van der Waals surface area contributed by atoms with E-state index in [9.17, 15) is 9.59 Å². The largest absolute Gasteiger partial charge is 0.370 e. The number of rotatable bonds is 8. The molecule has 140 valence electrons. The number of hydrogen-bond acceptors (Lipinski definition) is 5. The van der Waals surface area contributed by atoms with Crippen LogP contribution in [-0.2, 0) is 22.6 Å². The van der Waals surface area contributed by atoms with Crippen LogP contribution in [0.2, 0.25) is 10.0 Å². The van der Waals surface area contributed by atoms with E-state index in [1.807, 2.05) is 11.5 Å². The average Bonchev–Trinajstić information content (AvgIpc) is 2.96. The zero-order chi connectivity index (χ0) is 19.3. The van der Waals surface area contributed by atoms with Gasteiger partial charge in [0.2, 0.25) is 11.8 Å². The Labute approximate surface area is 165 Å². The monoisotopic (exact) mass is 415 g/mol. The van der Waals surface area contributed by atoms with Crippen molar-refractivity contribution in [2.45, 2.75) is 43.6 Å². The van der Waals surface area contributed by atoms with Crippen LogP contribution in [0.4, 0.5) is 5.69 Å². The van der Waals surface area contributed by atoms with E-state index in [0.717, 1.165) is 0 Å². The smallest absolute Gasteiger partial charge is 0.237 e. The lowest BCUT2D eigenvalue weighted by atomic mass is 10.3. The molecular formula is C16H19Cl2N5O2S. The van der Waals surface area contributed by atoms with Crippen LogP contribution in [0.15, 0.2) is 23.4 Å². The Morgan fingerprint density at radius 2 is 2.08 bits per heavy atom. The number of anilines is 1. The topological polar surface area (TPSA) is 103 Å². The molecule has 2 aromatic rings. The van der Waals surface area contributed by atoms with Gasteiger partial charge in [-0.3, -0.25) is 9.59 Å². The van der Waals surface area contributed by atoms with Gasteiger partial charge >= 0.3 is 0 Å². The standard InChI is InChI=1S/C16H19Cl2N5O2S/c1-3-23-14(7-6-13(19)24)21-22-16(23)26-9(2)15(25)20-12-5-4-10(17)8-11(12)18/h4-5,8-9H,3,6-7H2,1-2H3,(H2,19,24)(H,20,25)/t9-/m1/s1. The van der Waals surface area contributed by atoms with Crippen molar-refractivity contribution in [3.63, 3.8) is 0 Å². The maximum Gasteiger partial charge on any atom is 0.237 e. The van der Waals surface area contributed by atoms with Gasteiger partial charge in [-0.25, -0.2) is 0 Å². The number of nitrogens with one attached hydrogen (secondary N) is 1. The SMILES string of the molecule is CCn1c(CCC(N)=O)nnc1S[C@H](C)C(=O)Nc1ccc(Cl)cc1Cl. The molecule has 1 atom stereocenters. The molecule has 1 aromatic carbocycles. The summed E-state index contributed by atoms with van der Waals surface area (Å²) in [5.41, 5.74) is 5.67. The zero-order valence-corrected chi connectivity index (χ0v) is 16.7. The Balaban J connectivity index is 2.05. The van der Waals surface area contributed by atoms with Crippen LogP contribution in [0.5, 0.6) is 0 Å². The van der Waals surface area contributed by atoms with Crippen molar-refractivity contribution in [2.75, 3.05) is 5.32 Å². The second-order valence-corrected chi connectivity index (χ2v) is 7.63. The molecule has 2 rings (SSSR count). The fraction of sp³-hybridized carbons (Fsp3) is 0.375. The molecule has 1 aromatic heterocycles. The number of benzene rings is 1. The third kappa shape index (κ3) is 5.36. The second-order valence-electron chi connectivity index (χ2n) is 5.48. The van der Waals surface area contributed by atoms with E-state index in [-0.39, 0.29) is 12.3 Å². The Morgan fingerprint density at radius 1 is 1.35 bits per heavy atom. The van der Waals surface area contributed by atoms with Crippen molar-refractivity contribution in [3.05, 3.63) is 34.1 Å². The highest BCUT2D eigenvalue weighted by Crippen LogP contribution is 2.28. The quantitative estimate of drug-likeness (QED) is 0.644. The molecule has 10 heteroatoms. The van der Waals surface area contributed by atoms with Gasteiger partial charge in [0, 0.05) is 24.4 Å². The first-order chi connectivity index (χ1) is 12.3. The van der Waals surface area contributed by atoms with E-state index in [4.69, 9.17) is 28.9 Å². The van der Waals surface area contributed by atoms with Crippen LogP contribution < -0.4 is 11.1 Å². The summed E-state index contributed by atoms with van der Waals surface area (Å²) in [6, 6.07) is 4.87. The summed E-state index contributed by atoms with van der Waals surface area (Å²) in [5, 5.41) is 12.0. The Hall–Kier alpha value is -1.77. The number of primary amides is 1. The summed E-state index contributed by atoms with van der Waals surface area (Å²) in [7, 11) is 0. The van der Waals surface area contributed by atoms with E-state index < -0.39 is 11.2 Å². The van der Waals surface area contributed by atoms with Gasteiger partial charge in [0.05, 0.1) is 16.0 Å². The molecule has 0 fully saturated rings. The van der Waals surface area contributed by atoms with Crippen molar-refractivity contribution in [1.82, 2.24) is 14.8 Å². The molecule has 0 aliphatic carbocycles. The highest BCUT2D eigenvalue weighted by Gasteiger charge is 2.20. The first kappa shape index (κ1) is 20.5. The van der Waals surface area contributed by atoms with Gasteiger partial charge in [-0.15, -0.1) is 10.2 Å². The van der Waals surface area contributed by atoms with Crippen LogP contribution in [0.1, 0.15) is 26.1 Å². The third-order valence-corrected chi connectivity index (χ3v) is 5.17. The van der Waals surface area contributed by atoms with Crippen molar-refractivity contribution < 1.29 is 9.59 Å². The highest BCUT2D eigenvalue weighted by molar-refractivity contribution is 8.00. The molecule has 0 saturated carbocycles. The minimum absolute atomic E-state index is 0.202. The summed E-state index contributed by atoms with van der Waals surface area (Å²) < 4.78 is 1.87. The number of carbonyl (C=O) groups is 2. The molecule has 0 saturated heterocycles. The zero-order valence-electron chi connectivity index (χ0n) is 14.3. The summed E-state index contributed by atoms with van der Waals surface area (Å²) >= 11 is 13.2. The van der Waals surface area contributed by atoms with E-state index in [1.54, 1.807) is 25.1 Å². The third-order valence-electron chi connectivity index (χ3n) is 3.55. The lowest BCUT2D eigenvalue weighted by Crippen LogP contribution is -2.23. The molecular weight excluding hydrogens is 397 g/mol. The average molecular weight is 416 g/mol. The van der Waals surface area contributed by atoms with Crippen molar-refractivity contribution in [3.8, 4) is 0 Å². The Morgan fingerprint density at radius 3 is 2.69 bits per heavy atom. The number of halogens is 2. The minimum atomic E-state index is -0.430. The van der Waals surface area contributed by atoms with Crippen LogP contribution in [0, 0.1) is 0 Å². The minimum Gasteiger partial charge on any atom is -0.370 e. The van der Waals surface area contributed by atoms with Gasteiger partial charge in [0.25, 0.3) is 0 Å². The van der Waals surface area contributed by atoms with E-state index >= 15 is 0 Å². The van der Waals surface area contributed by atoms with Crippen LogP contribution in [-0.4, -0.2) is 31.8 Å². The van der Waals surface area contributed by atoms with Gasteiger partial charge < -0.3 is 15.6 Å². The molecule has 2 amide bonds. The van der Waals surface area contributed by atoms with Gasteiger partial charge in [0.15, 0.2) is 5.16 Å². The molecule has 26 heavy (non-hydrogen) atoms. The van der Waals surface area contributed by atoms with Crippen molar-refractivity contribution in [1.29, 1.82) is 0 Å². The van der Waals surface area contributed by atoms with Crippen molar-refractivity contribution >= 4 is 52.5 Å². The van der Waals surface area contributed by atoms with Crippen LogP contribution in [0.3, 0.4) is 0 Å². The summed E-state index contributed by atoms with van der Waals surface area (Å²) in [6.45, 7) is 4.34. The Kier molecular flexibility index (Phi) is 7.31. The number of hydrogen-bond donors (Lipinski definition) is 2. The number of amides is 2. The van der Waals surface area contributed by atoms with Gasteiger partial charge in [-0.1, -0.05) is 35.0 Å². The first-order valence-corrected chi connectivity index (χ1v) is 9.58. The molecule has 0 spiro atoms. The van der Waals surface area contributed by atoms with Crippen molar-refractivity contribution in [2.24, 2.45) is 5.73 Å². The molecule has 7 nitrogen and oxygen atoms in total. The number of aromatic nitrogens is 3. The first-order valence-electron chi connectivity index (χ1n) is 7.94. The molecule has 0 aliphatic heterocycles. The number of aryl methyl sites for hydroxylation is 1. The Bertz CT molecular complexity index is 812. The van der Waals surface area contributed by atoms with Crippen LogP contribution in [0.25, 0.3) is 0 Å². The fourth-order valence-electron chi connectivity index (χ4n) is 2.18. The molecule has 0 aliphatic rings. The number of nitrogens with two attached hydrogens (primary N) is 1. The number of thioether (sulfide) groups is 1. The van der Waals surface area contributed by atoms with Gasteiger partial charge in [0.1, 0.15) is 5.82 Å². The maximum atomic E-state index is 12.4. The summed E-state index contributed by atoms with van der Waals surface area (Å²) in [6.07, 6.45) is 0.617. The second kappa shape index (κ2) is 9.25. The van der Waals surface area contributed by atoms with E-state index in [1.165, 1.54) is 11.8 Å². The highest BCUT2D eigenvalue weighted by atomic mass is 35.5. The van der Waals surface area contributed by atoms with E-state index in [0.29, 0.717) is 39.7 Å². The van der Waals surface area contributed by atoms with Crippen LogP contribution >= 0.6 is 35.0 Å². The molecule has 0 bridgehead atoms. The molecule has 1 heterocycles.